The van der Waals surface area contributed by atoms with Crippen molar-refractivity contribution in [3.05, 3.63) is 35.4 Å². The lowest BCUT2D eigenvalue weighted by molar-refractivity contribution is -0.122. The van der Waals surface area contributed by atoms with Gasteiger partial charge in [-0.15, -0.1) is 0 Å². The predicted octanol–water partition coefficient (Wildman–Crippen LogP) is 2.18. The monoisotopic (exact) mass is 303 g/mol. The van der Waals surface area contributed by atoms with Gasteiger partial charge in [-0.1, -0.05) is 24.0 Å². The summed E-state index contributed by atoms with van der Waals surface area (Å²) in [7, 11) is 0. The number of benzene rings is 1. The molecule has 0 spiro atoms. The molecule has 0 bridgehead atoms. The summed E-state index contributed by atoms with van der Waals surface area (Å²) in [5.41, 5.74) is 1.90. The van der Waals surface area contributed by atoms with E-state index in [1.807, 2.05) is 36.0 Å². The van der Waals surface area contributed by atoms with Crippen molar-refractivity contribution in [2.24, 2.45) is 5.92 Å². The van der Waals surface area contributed by atoms with Crippen molar-refractivity contribution >= 4 is 17.7 Å². The topological polar surface area (TPSA) is 49.3 Å². The fourth-order valence-corrected chi connectivity index (χ4v) is 3.59. The molecule has 0 aliphatic carbocycles. The fraction of sp³-hybridized carbons (Fsp3) is 0.471. The average molecular weight is 303 g/mol. The normalized spacial score (nSPS) is 15.1. The first kappa shape index (κ1) is 15.9. The molecular formula is C17H21NO2S. The molecule has 112 valence electrons. The van der Waals surface area contributed by atoms with Crippen LogP contribution in [0.1, 0.15) is 30.4 Å². The third-order valence-corrected chi connectivity index (χ3v) is 4.59. The molecule has 0 saturated carbocycles. The largest absolute Gasteiger partial charge is 0.384 e. The van der Waals surface area contributed by atoms with Crippen molar-refractivity contribution in [3.8, 4) is 11.8 Å². The Hall–Kier alpha value is -1.44. The maximum Gasteiger partial charge on any atom is 0.220 e. The van der Waals surface area contributed by atoms with E-state index in [0.29, 0.717) is 18.9 Å². The Labute approximate surface area is 130 Å². The number of nitrogens with one attached hydrogen (secondary N) is 1. The molecule has 1 amide bonds. The molecule has 1 heterocycles. The molecule has 3 nitrogen and oxygen atoms in total. The van der Waals surface area contributed by atoms with E-state index in [1.165, 1.54) is 11.5 Å². The first-order valence-corrected chi connectivity index (χ1v) is 8.46. The number of carbonyl (C=O) groups is 1. The predicted molar refractivity (Wildman–Crippen MR) is 86.9 cm³/mol. The van der Waals surface area contributed by atoms with Crippen LogP contribution < -0.4 is 5.32 Å². The summed E-state index contributed by atoms with van der Waals surface area (Å²) in [6.07, 6.45) is 2.96. The van der Waals surface area contributed by atoms with E-state index in [4.69, 9.17) is 5.11 Å². The third kappa shape index (κ3) is 5.82. The molecule has 21 heavy (non-hydrogen) atoms. The Morgan fingerprint density at radius 1 is 1.38 bits per heavy atom. The molecule has 2 rings (SSSR count). The summed E-state index contributed by atoms with van der Waals surface area (Å²) in [5, 5.41) is 11.7. The number of carbonyl (C=O) groups excluding carboxylic acids is 1. The Balaban J connectivity index is 1.80. The highest BCUT2D eigenvalue weighted by atomic mass is 32.2. The van der Waals surface area contributed by atoms with Crippen LogP contribution in [-0.2, 0) is 11.3 Å². The lowest BCUT2D eigenvalue weighted by atomic mass is 9.98. The lowest BCUT2D eigenvalue weighted by Gasteiger charge is -2.20. The number of hydrogen-bond acceptors (Lipinski definition) is 3. The van der Waals surface area contributed by atoms with E-state index in [2.05, 4.69) is 17.2 Å². The van der Waals surface area contributed by atoms with Gasteiger partial charge in [-0.25, -0.2) is 0 Å². The zero-order valence-electron chi connectivity index (χ0n) is 12.1. The van der Waals surface area contributed by atoms with Gasteiger partial charge in [0.15, 0.2) is 0 Å². The number of aliphatic hydroxyl groups is 1. The highest BCUT2D eigenvalue weighted by molar-refractivity contribution is 7.99. The molecule has 2 N–H and O–H groups in total. The van der Waals surface area contributed by atoms with Crippen LogP contribution in [0.5, 0.6) is 0 Å². The van der Waals surface area contributed by atoms with Gasteiger partial charge in [-0.05, 0) is 48.0 Å². The Morgan fingerprint density at radius 3 is 2.95 bits per heavy atom. The number of rotatable bonds is 4. The molecule has 1 fully saturated rings. The third-order valence-electron chi connectivity index (χ3n) is 3.54. The van der Waals surface area contributed by atoms with Gasteiger partial charge >= 0.3 is 0 Å². The summed E-state index contributed by atoms with van der Waals surface area (Å²) in [6, 6.07) is 7.73. The van der Waals surface area contributed by atoms with Gasteiger partial charge in [0.05, 0.1) is 0 Å². The average Bonchev–Trinajstić information content (AvgIpc) is 2.52. The van der Waals surface area contributed by atoms with E-state index < -0.39 is 0 Å². The quantitative estimate of drug-likeness (QED) is 0.838. The number of hydrogen-bond donors (Lipinski definition) is 2. The van der Waals surface area contributed by atoms with Crippen LogP contribution >= 0.6 is 11.8 Å². The zero-order chi connectivity index (χ0) is 14.9. The van der Waals surface area contributed by atoms with Crippen molar-refractivity contribution in [2.45, 2.75) is 25.8 Å². The number of amides is 1. The van der Waals surface area contributed by atoms with Crippen molar-refractivity contribution in [1.29, 1.82) is 0 Å². The first-order valence-electron chi connectivity index (χ1n) is 7.31. The van der Waals surface area contributed by atoms with Crippen molar-refractivity contribution in [3.63, 3.8) is 0 Å². The van der Waals surface area contributed by atoms with Gasteiger partial charge in [0.2, 0.25) is 5.91 Å². The Kier molecular flexibility index (Phi) is 6.65. The summed E-state index contributed by atoms with van der Waals surface area (Å²) in [6.45, 7) is 0.398. The first-order chi connectivity index (χ1) is 10.3. The minimum Gasteiger partial charge on any atom is -0.384 e. The SMILES string of the molecule is O=C(CC1CCSCC1)NCc1cccc(C#CCO)c1. The zero-order valence-corrected chi connectivity index (χ0v) is 12.9. The highest BCUT2D eigenvalue weighted by Gasteiger charge is 2.16. The van der Waals surface area contributed by atoms with Crippen LogP contribution in [0.4, 0.5) is 0 Å². The van der Waals surface area contributed by atoms with Gasteiger partial charge in [0.1, 0.15) is 6.61 Å². The van der Waals surface area contributed by atoms with Crippen molar-refractivity contribution in [1.82, 2.24) is 5.32 Å². The summed E-state index contributed by atoms with van der Waals surface area (Å²) in [4.78, 5) is 12.0. The van der Waals surface area contributed by atoms with Crippen LogP contribution in [-0.4, -0.2) is 29.1 Å². The molecule has 1 aromatic carbocycles. The van der Waals surface area contributed by atoms with E-state index in [-0.39, 0.29) is 12.5 Å². The van der Waals surface area contributed by atoms with Gasteiger partial charge in [-0.3, -0.25) is 4.79 Å². The summed E-state index contributed by atoms with van der Waals surface area (Å²) >= 11 is 1.98. The minimum atomic E-state index is -0.138. The molecular weight excluding hydrogens is 282 g/mol. The van der Waals surface area contributed by atoms with Crippen LogP contribution in [0.2, 0.25) is 0 Å². The summed E-state index contributed by atoms with van der Waals surface area (Å²) < 4.78 is 0. The molecule has 1 aliphatic rings. The van der Waals surface area contributed by atoms with E-state index >= 15 is 0 Å². The lowest BCUT2D eigenvalue weighted by Crippen LogP contribution is -2.26. The van der Waals surface area contributed by atoms with Crippen molar-refractivity contribution in [2.75, 3.05) is 18.1 Å². The maximum absolute atomic E-state index is 12.0. The molecule has 4 heteroatoms. The standard InChI is InChI=1S/C17H21NO2S/c19-8-2-5-14-3-1-4-16(11-14)13-18-17(20)12-15-6-9-21-10-7-15/h1,3-4,11,15,19H,6-10,12-13H2,(H,18,20). The minimum absolute atomic E-state index is 0.138. The molecule has 1 saturated heterocycles. The van der Waals surface area contributed by atoms with E-state index in [1.54, 1.807) is 0 Å². The molecule has 0 atom stereocenters. The second-order valence-electron chi connectivity index (χ2n) is 5.20. The second-order valence-corrected chi connectivity index (χ2v) is 6.42. The van der Waals surface area contributed by atoms with Gasteiger partial charge in [-0.2, -0.15) is 11.8 Å². The van der Waals surface area contributed by atoms with Crippen LogP contribution in [0.15, 0.2) is 24.3 Å². The second kappa shape index (κ2) is 8.76. The van der Waals surface area contributed by atoms with Gasteiger partial charge in [0.25, 0.3) is 0 Å². The van der Waals surface area contributed by atoms with E-state index in [0.717, 1.165) is 24.0 Å². The van der Waals surface area contributed by atoms with E-state index in [9.17, 15) is 4.79 Å². The maximum atomic E-state index is 12.0. The van der Waals surface area contributed by atoms with Crippen LogP contribution in [0.25, 0.3) is 0 Å². The molecule has 0 unspecified atom stereocenters. The smallest absolute Gasteiger partial charge is 0.220 e. The highest BCUT2D eigenvalue weighted by Crippen LogP contribution is 2.25. The fourth-order valence-electron chi connectivity index (χ4n) is 2.39. The Morgan fingerprint density at radius 2 is 2.19 bits per heavy atom. The van der Waals surface area contributed by atoms with Gasteiger partial charge in [0, 0.05) is 18.5 Å². The molecule has 1 aliphatic heterocycles. The van der Waals surface area contributed by atoms with Crippen LogP contribution in [0, 0.1) is 17.8 Å². The number of thioether (sulfide) groups is 1. The molecule has 0 radical (unpaired) electrons. The number of aliphatic hydroxyl groups excluding tert-OH is 1. The van der Waals surface area contributed by atoms with Gasteiger partial charge < -0.3 is 10.4 Å². The molecule has 0 aromatic heterocycles. The Bertz CT molecular complexity index is 527. The van der Waals surface area contributed by atoms with Crippen molar-refractivity contribution < 1.29 is 9.90 Å². The summed E-state index contributed by atoms with van der Waals surface area (Å²) in [5.74, 6) is 8.55. The van der Waals surface area contributed by atoms with Crippen LogP contribution in [0.3, 0.4) is 0 Å². The molecule has 1 aromatic rings.